The number of aryl methyl sites for hydroxylation is 1. The van der Waals surface area contributed by atoms with Gasteiger partial charge < -0.3 is 10.2 Å². The van der Waals surface area contributed by atoms with Gasteiger partial charge in [0.1, 0.15) is 11.5 Å². The van der Waals surface area contributed by atoms with E-state index in [2.05, 4.69) is 39.6 Å². The highest BCUT2D eigenvalue weighted by Gasteiger charge is 2.14. The predicted octanol–water partition coefficient (Wildman–Crippen LogP) is 3.79. The molecule has 0 unspecified atom stereocenters. The van der Waals surface area contributed by atoms with E-state index in [4.69, 9.17) is 0 Å². The number of aromatic nitrogens is 2. The third kappa shape index (κ3) is 5.64. The number of amides is 1. The number of hydrogen-bond donors (Lipinski definition) is 1. The number of nitrogens with one attached hydrogen (secondary N) is 1. The summed E-state index contributed by atoms with van der Waals surface area (Å²) < 4.78 is 0. The normalized spacial score (nSPS) is 10.4. The highest BCUT2D eigenvalue weighted by atomic mass is 16.2. The van der Waals surface area contributed by atoms with Crippen LogP contribution in [0.15, 0.2) is 73.1 Å². The van der Waals surface area contributed by atoms with Crippen LogP contribution in [0, 0.1) is 0 Å². The monoisotopic (exact) mass is 360 g/mol. The average molecular weight is 360 g/mol. The van der Waals surface area contributed by atoms with Gasteiger partial charge in [0.15, 0.2) is 0 Å². The molecule has 1 aromatic heterocycles. The molecule has 5 heteroatoms. The van der Waals surface area contributed by atoms with E-state index in [1.807, 2.05) is 36.4 Å². The number of carbonyl (C=O) groups is 1. The van der Waals surface area contributed by atoms with Crippen molar-refractivity contribution in [2.45, 2.75) is 19.4 Å². The largest absolute Gasteiger partial charge is 0.369 e. The molecule has 3 rings (SSSR count). The van der Waals surface area contributed by atoms with E-state index in [0.29, 0.717) is 18.1 Å². The highest BCUT2D eigenvalue weighted by molar-refractivity contribution is 5.91. The first-order valence-electron chi connectivity index (χ1n) is 9.11. The SMILES string of the molecule is CN(Cc1ccccc1)C(=O)c1cnc(NCCCc2ccccc2)cn1. The zero-order chi connectivity index (χ0) is 18.9. The van der Waals surface area contributed by atoms with Gasteiger partial charge in [0.25, 0.3) is 5.91 Å². The Labute approximate surface area is 160 Å². The van der Waals surface area contributed by atoms with Gasteiger partial charge in [0, 0.05) is 20.1 Å². The molecule has 3 aromatic rings. The maximum atomic E-state index is 12.5. The van der Waals surface area contributed by atoms with Crippen LogP contribution in [0.5, 0.6) is 0 Å². The first kappa shape index (κ1) is 18.6. The van der Waals surface area contributed by atoms with Crippen LogP contribution in [0.4, 0.5) is 5.82 Å². The number of nitrogens with zero attached hydrogens (tertiary/aromatic N) is 3. The summed E-state index contributed by atoms with van der Waals surface area (Å²) >= 11 is 0. The number of rotatable bonds is 8. The minimum atomic E-state index is -0.137. The average Bonchev–Trinajstić information content (AvgIpc) is 2.72. The lowest BCUT2D eigenvalue weighted by atomic mass is 10.1. The van der Waals surface area contributed by atoms with E-state index in [9.17, 15) is 4.79 Å². The van der Waals surface area contributed by atoms with Crippen LogP contribution in [-0.2, 0) is 13.0 Å². The van der Waals surface area contributed by atoms with E-state index < -0.39 is 0 Å². The van der Waals surface area contributed by atoms with Crippen molar-refractivity contribution in [2.75, 3.05) is 18.9 Å². The lowest BCUT2D eigenvalue weighted by Gasteiger charge is -2.16. The summed E-state index contributed by atoms with van der Waals surface area (Å²) in [6.07, 6.45) is 5.17. The summed E-state index contributed by atoms with van der Waals surface area (Å²) in [5, 5.41) is 3.25. The Balaban J connectivity index is 1.47. The summed E-state index contributed by atoms with van der Waals surface area (Å²) in [7, 11) is 1.77. The van der Waals surface area contributed by atoms with E-state index in [0.717, 1.165) is 24.9 Å². The minimum absolute atomic E-state index is 0.137. The predicted molar refractivity (Wildman–Crippen MR) is 108 cm³/mol. The van der Waals surface area contributed by atoms with Gasteiger partial charge in [-0.25, -0.2) is 9.97 Å². The highest BCUT2D eigenvalue weighted by Crippen LogP contribution is 2.08. The van der Waals surface area contributed by atoms with Crippen LogP contribution in [0.25, 0.3) is 0 Å². The molecule has 0 aliphatic heterocycles. The van der Waals surface area contributed by atoms with Crippen molar-refractivity contribution in [3.63, 3.8) is 0 Å². The van der Waals surface area contributed by atoms with Crippen LogP contribution in [0.3, 0.4) is 0 Å². The van der Waals surface area contributed by atoms with Gasteiger partial charge in [-0.3, -0.25) is 4.79 Å². The molecule has 0 saturated carbocycles. The molecule has 5 nitrogen and oxygen atoms in total. The smallest absolute Gasteiger partial charge is 0.274 e. The Morgan fingerprint density at radius 1 is 0.926 bits per heavy atom. The molecule has 0 spiro atoms. The molecule has 138 valence electrons. The quantitative estimate of drug-likeness (QED) is 0.621. The van der Waals surface area contributed by atoms with Crippen molar-refractivity contribution in [3.05, 3.63) is 89.9 Å². The summed E-state index contributed by atoms with van der Waals surface area (Å²) in [6.45, 7) is 1.35. The van der Waals surface area contributed by atoms with Crippen molar-refractivity contribution in [1.82, 2.24) is 14.9 Å². The second kappa shape index (κ2) is 9.48. The van der Waals surface area contributed by atoms with Gasteiger partial charge in [-0.2, -0.15) is 0 Å². The van der Waals surface area contributed by atoms with E-state index in [1.54, 1.807) is 18.1 Å². The first-order chi connectivity index (χ1) is 13.2. The van der Waals surface area contributed by atoms with Gasteiger partial charge in [-0.05, 0) is 24.0 Å². The third-order valence-corrected chi connectivity index (χ3v) is 4.27. The van der Waals surface area contributed by atoms with Crippen molar-refractivity contribution >= 4 is 11.7 Å². The Bertz CT molecular complexity index is 835. The van der Waals surface area contributed by atoms with E-state index in [-0.39, 0.29) is 5.91 Å². The van der Waals surface area contributed by atoms with Gasteiger partial charge in [0.2, 0.25) is 0 Å². The van der Waals surface area contributed by atoms with E-state index >= 15 is 0 Å². The fourth-order valence-corrected chi connectivity index (χ4v) is 2.81. The zero-order valence-corrected chi connectivity index (χ0v) is 15.5. The van der Waals surface area contributed by atoms with Crippen molar-refractivity contribution < 1.29 is 4.79 Å². The molecule has 0 bridgehead atoms. The molecule has 0 saturated heterocycles. The number of hydrogen-bond acceptors (Lipinski definition) is 4. The topological polar surface area (TPSA) is 58.1 Å². The van der Waals surface area contributed by atoms with Crippen LogP contribution in [0.2, 0.25) is 0 Å². The maximum absolute atomic E-state index is 12.5. The second-order valence-corrected chi connectivity index (χ2v) is 6.45. The Hall–Kier alpha value is -3.21. The van der Waals surface area contributed by atoms with Crippen LogP contribution in [0.1, 0.15) is 28.0 Å². The molecule has 1 amide bonds. The fraction of sp³-hybridized carbons (Fsp3) is 0.227. The van der Waals surface area contributed by atoms with Gasteiger partial charge in [0.05, 0.1) is 12.4 Å². The zero-order valence-electron chi connectivity index (χ0n) is 15.5. The first-order valence-corrected chi connectivity index (χ1v) is 9.11. The molecule has 1 heterocycles. The number of carbonyl (C=O) groups excluding carboxylic acids is 1. The standard InChI is InChI=1S/C22H24N4O/c1-26(17-19-11-6-3-7-12-19)22(27)20-15-25-21(16-24-20)23-14-8-13-18-9-4-2-5-10-18/h2-7,9-12,15-16H,8,13-14,17H2,1H3,(H,23,25). The number of benzene rings is 2. The van der Waals surface area contributed by atoms with Gasteiger partial charge in [-0.1, -0.05) is 60.7 Å². The number of anilines is 1. The molecule has 0 radical (unpaired) electrons. The van der Waals surface area contributed by atoms with Gasteiger partial charge >= 0.3 is 0 Å². The third-order valence-electron chi connectivity index (χ3n) is 4.27. The summed E-state index contributed by atoms with van der Waals surface area (Å²) in [4.78, 5) is 22.7. The van der Waals surface area contributed by atoms with Crippen molar-refractivity contribution in [2.24, 2.45) is 0 Å². The molecule has 27 heavy (non-hydrogen) atoms. The van der Waals surface area contributed by atoms with Gasteiger partial charge in [-0.15, -0.1) is 0 Å². The summed E-state index contributed by atoms with van der Waals surface area (Å²) in [5.74, 6) is 0.548. The summed E-state index contributed by atoms with van der Waals surface area (Å²) in [5.41, 5.74) is 2.76. The van der Waals surface area contributed by atoms with Crippen molar-refractivity contribution in [3.8, 4) is 0 Å². The van der Waals surface area contributed by atoms with Crippen LogP contribution >= 0.6 is 0 Å². The lowest BCUT2D eigenvalue weighted by molar-refractivity contribution is 0.0779. The van der Waals surface area contributed by atoms with Crippen molar-refractivity contribution in [1.29, 1.82) is 0 Å². The maximum Gasteiger partial charge on any atom is 0.274 e. The Kier molecular flexibility index (Phi) is 6.52. The Morgan fingerprint density at radius 2 is 1.59 bits per heavy atom. The molecule has 2 aromatic carbocycles. The Morgan fingerprint density at radius 3 is 2.22 bits per heavy atom. The molecular formula is C22H24N4O. The molecule has 1 N–H and O–H groups in total. The van der Waals surface area contributed by atoms with E-state index in [1.165, 1.54) is 11.8 Å². The van der Waals surface area contributed by atoms with Crippen LogP contribution in [-0.4, -0.2) is 34.4 Å². The molecule has 0 aliphatic rings. The molecular weight excluding hydrogens is 336 g/mol. The lowest BCUT2D eigenvalue weighted by Crippen LogP contribution is -2.27. The van der Waals surface area contributed by atoms with Crippen LogP contribution < -0.4 is 5.32 Å². The molecule has 0 fully saturated rings. The summed E-state index contributed by atoms with van der Waals surface area (Å²) in [6, 6.07) is 20.3. The molecule has 0 atom stereocenters. The second-order valence-electron chi connectivity index (χ2n) is 6.45. The fourth-order valence-electron chi connectivity index (χ4n) is 2.81. The molecule has 0 aliphatic carbocycles. The minimum Gasteiger partial charge on any atom is -0.369 e.